The highest BCUT2D eigenvalue weighted by atomic mass is 16.5. The van der Waals surface area contributed by atoms with E-state index in [0.717, 1.165) is 61.3 Å². The van der Waals surface area contributed by atoms with Crippen LogP contribution < -0.4 is 9.64 Å². The first-order valence-electron chi connectivity index (χ1n) is 22.9. The van der Waals surface area contributed by atoms with E-state index in [2.05, 4.69) is 235 Å². The summed E-state index contributed by atoms with van der Waals surface area (Å²) in [6.45, 7) is 0. The van der Waals surface area contributed by atoms with Crippen LogP contribution in [0.2, 0.25) is 0 Å². The van der Waals surface area contributed by atoms with Crippen LogP contribution in [0, 0.1) is 5.92 Å². The molecule has 3 atom stereocenters. The molecule has 0 fully saturated rings. The van der Waals surface area contributed by atoms with Crippen LogP contribution >= 0.6 is 0 Å². The van der Waals surface area contributed by atoms with Gasteiger partial charge in [0.05, 0.1) is 11.1 Å². The molecule has 1 spiro atoms. The summed E-state index contributed by atoms with van der Waals surface area (Å²) in [6.07, 6.45) is 4.57. The van der Waals surface area contributed by atoms with E-state index in [-0.39, 0.29) is 12.0 Å². The zero-order chi connectivity index (χ0) is 43.3. The minimum atomic E-state index is -0.542. The molecule has 3 nitrogen and oxygen atoms in total. The number of rotatable bonds is 5. The maximum Gasteiger partial charge on any atom is 0.137 e. The van der Waals surface area contributed by atoms with Crippen molar-refractivity contribution in [3.8, 4) is 39.1 Å². The molecule has 3 heteroatoms. The fraction of sp³-hybridized carbons (Fsp3) is 0.0476. The van der Waals surface area contributed by atoms with Crippen molar-refractivity contribution in [3.63, 3.8) is 0 Å². The summed E-state index contributed by atoms with van der Waals surface area (Å²) in [5.41, 5.74) is 17.8. The SMILES string of the molecule is C1=CC2C(Oc3c(ccc4ccccc34)C23c2ccccc2-c2c(-c4ccccc4N(c4cccc(-c5ccccc5)c4)c4ccc5c(c4)oc4ccccc45)cccc23)c2ccccc21. The number of anilines is 3. The van der Waals surface area contributed by atoms with Gasteiger partial charge < -0.3 is 14.1 Å². The predicted octanol–water partition coefficient (Wildman–Crippen LogP) is 16.6. The van der Waals surface area contributed by atoms with E-state index in [1.54, 1.807) is 0 Å². The molecule has 2 heterocycles. The van der Waals surface area contributed by atoms with Gasteiger partial charge in [-0.2, -0.15) is 0 Å². The summed E-state index contributed by atoms with van der Waals surface area (Å²) in [5.74, 6) is 0.958. The topological polar surface area (TPSA) is 25.6 Å². The largest absolute Gasteiger partial charge is 0.484 e. The van der Waals surface area contributed by atoms with Gasteiger partial charge in [-0.05, 0) is 86.3 Å². The molecule has 2 aliphatic carbocycles. The molecule has 14 rings (SSSR count). The Morgan fingerprint density at radius 2 is 1.14 bits per heavy atom. The second kappa shape index (κ2) is 14.3. The van der Waals surface area contributed by atoms with Crippen molar-refractivity contribution < 1.29 is 9.15 Å². The Kier molecular flexibility index (Phi) is 8.02. The van der Waals surface area contributed by atoms with Crippen molar-refractivity contribution in [2.75, 3.05) is 4.90 Å². The first-order chi connectivity index (χ1) is 32.7. The average Bonchev–Trinajstić information content (AvgIpc) is 3.90. The van der Waals surface area contributed by atoms with E-state index in [1.165, 1.54) is 55.5 Å². The highest BCUT2D eigenvalue weighted by Gasteiger charge is 2.57. The van der Waals surface area contributed by atoms with Crippen LogP contribution in [0.3, 0.4) is 0 Å². The molecule has 3 unspecified atom stereocenters. The van der Waals surface area contributed by atoms with E-state index < -0.39 is 5.41 Å². The predicted molar refractivity (Wildman–Crippen MR) is 271 cm³/mol. The average molecular weight is 844 g/mol. The maximum atomic E-state index is 7.38. The van der Waals surface area contributed by atoms with E-state index in [0.29, 0.717) is 0 Å². The van der Waals surface area contributed by atoms with Gasteiger partial charge in [-0.25, -0.2) is 0 Å². The zero-order valence-electron chi connectivity index (χ0n) is 35.9. The number of fused-ring (bicyclic) bond motifs is 16. The molecule has 0 radical (unpaired) electrons. The highest BCUT2D eigenvalue weighted by molar-refractivity contribution is 6.07. The number of hydrogen-bond acceptors (Lipinski definition) is 3. The molecule has 0 saturated heterocycles. The molecule has 310 valence electrons. The van der Waals surface area contributed by atoms with Crippen molar-refractivity contribution in [2.45, 2.75) is 11.5 Å². The van der Waals surface area contributed by atoms with Crippen molar-refractivity contribution in [1.82, 2.24) is 0 Å². The third-order valence-corrected chi connectivity index (χ3v) is 14.5. The molecule has 3 aliphatic rings. The van der Waals surface area contributed by atoms with Crippen molar-refractivity contribution in [1.29, 1.82) is 0 Å². The first-order valence-corrected chi connectivity index (χ1v) is 22.9. The van der Waals surface area contributed by atoms with E-state index in [9.17, 15) is 0 Å². The Balaban J connectivity index is 1.03. The number of para-hydroxylation sites is 2. The zero-order valence-corrected chi connectivity index (χ0v) is 35.9. The minimum Gasteiger partial charge on any atom is -0.484 e. The summed E-state index contributed by atoms with van der Waals surface area (Å²) in [4.78, 5) is 2.41. The molecule has 0 amide bonds. The lowest BCUT2D eigenvalue weighted by Gasteiger charge is -2.49. The van der Waals surface area contributed by atoms with Crippen LogP contribution in [0.4, 0.5) is 17.1 Å². The lowest BCUT2D eigenvalue weighted by molar-refractivity contribution is 0.105. The molecular weight excluding hydrogens is 803 g/mol. The Morgan fingerprint density at radius 1 is 0.439 bits per heavy atom. The van der Waals surface area contributed by atoms with Crippen molar-refractivity contribution in [3.05, 3.63) is 258 Å². The van der Waals surface area contributed by atoms with Gasteiger partial charge in [0.1, 0.15) is 23.0 Å². The van der Waals surface area contributed by atoms with E-state index in [4.69, 9.17) is 9.15 Å². The molecule has 10 aromatic carbocycles. The van der Waals surface area contributed by atoms with Crippen LogP contribution in [0.15, 0.2) is 235 Å². The number of nitrogens with zero attached hydrogens (tertiary/aromatic N) is 1. The first kappa shape index (κ1) is 37.0. The molecule has 0 saturated carbocycles. The van der Waals surface area contributed by atoms with Gasteiger partial charge in [0.25, 0.3) is 0 Å². The van der Waals surface area contributed by atoms with Gasteiger partial charge in [-0.3, -0.25) is 0 Å². The lowest BCUT2D eigenvalue weighted by Crippen LogP contribution is -2.45. The summed E-state index contributed by atoms with van der Waals surface area (Å²) in [7, 11) is 0. The van der Waals surface area contributed by atoms with Gasteiger partial charge >= 0.3 is 0 Å². The van der Waals surface area contributed by atoms with Gasteiger partial charge in [-0.1, -0.05) is 194 Å². The van der Waals surface area contributed by atoms with Gasteiger partial charge in [0, 0.05) is 56.2 Å². The molecule has 66 heavy (non-hydrogen) atoms. The number of benzene rings is 10. The standard InChI is InChI=1S/C63H41NO2/c1-2-16-40(17-3-1)43-20-14-21-44(38-43)64(45-34-35-50-49-25-10-13-31-58(49)65-59(50)39-45)57-30-12-9-24-48(57)51-27-15-29-54-60(51)52-26-8-11-28-53(52)63(54)55-36-32-41-18-4-6-22-46(41)61(55)66-62-47-23-7-5-19-42(47)33-37-56(62)63/h1-39,55,61H. The Bertz CT molecular complexity index is 3790. The second-order valence-electron chi connectivity index (χ2n) is 17.8. The maximum absolute atomic E-state index is 7.38. The van der Waals surface area contributed by atoms with Gasteiger partial charge in [0.2, 0.25) is 0 Å². The molecular formula is C63H41NO2. The molecule has 0 N–H and O–H groups in total. The Hall–Kier alpha value is -8.40. The normalized spacial score (nSPS) is 17.5. The fourth-order valence-corrected chi connectivity index (χ4v) is 11.8. The van der Waals surface area contributed by atoms with Gasteiger partial charge in [-0.15, -0.1) is 0 Å². The smallest absolute Gasteiger partial charge is 0.137 e. The summed E-state index contributed by atoms with van der Waals surface area (Å²) < 4.78 is 13.9. The van der Waals surface area contributed by atoms with Crippen LogP contribution in [0.25, 0.3) is 72.2 Å². The van der Waals surface area contributed by atoms with Crippen LogP contribution in [-0.4, -0.2) is 0 Å². The Morgan fingerprint density at radius 3 is 2.08 bits per heavy atom. The number of ether oxygens (including phenoxy) is 1. The Labute approximate surface area is 383 Å². The third-order valence-electron chi connectivity index (χ3n) is 14.5. The lowest BCUT2D eigenvalue weighted by atomic mass is 9.58. The molecule has 1 aliphatic heterocycles. The van der Waals surface area contributed by atoms with E-state index >= 15 is 0 Å². The quantitative estimate of drug-likeness (QED) is 0.173. The van der Waals surface area contributed by atoms with Gasteiger partial charge in [0.15, 0.2) is 0 Å². The number of hydrogen-bond donors (Lipinski definition) is 0. The minimum absolute atomic E-state index is 0.0123. The van der Waals surface area contributed by atoms with Crippen molar-refractivity contribution >= 4 is 55.8 Å². The fourth-order valence-electron chi connectivity index (χ4n) is 11.8. The second-order valence-corrected chi connectivity index (χ2v) is 17.8. The molecule has 0 bridgehead atoms. The van der Waals surface area contributed by atoms with Crippen LogP contribution in [-0.2, 0) is 5.41 Å². The summed E-state index contributed by atoms with van der Waals surface area (Å²) in [5, 5.41) is 4.54. The summed E-state index contributed by atoms with van der Waals surface area (Å²) >= 11 is 0. The number of furan rings is 1. The van der Waals surface area contributed by atoms with Crippen molar-refractivity contribution in [2.24, 2.45) is 5.92 Å². The monoisotopic (exact) mass is 843 g/mol. The molecule has 1 aromatic heterocycles. The van der Waals surface area contributed by atoms with E-state index in [1.807, 2.05) is 6.07 Å². The highest BCUT2D eigenvalue weighted by Crippen LogP contribution is 2.66. The van der Waals surface area contributed by atoms with Crippen LogP contribution in [0.1, 0.15) is 33.9 Å². The molecule has 11 aromatic rings. The van der Waals surface area contributed by atoms with Crippen LogP contribution in [0.5, 0.6) is 5.75 Å². The summed E-state index contributed by atoms with van der Waals surface area (Å²) in [6, 6.07) is 81.7. The third kappa shape index (κ3) is 5.26.